The summed E-state index contributed by atoms with van der Waals surface area (Å²) in [7, 11) is 2.05. The number of rotatable bonds is 3. The lowest BCUT2D eigenvalue weighted by molar-refractivity contribution is -0.0360. The van der Waals surface area contributed by atoms with Gasteiger partial charge in [-0.25, -0.2) is 9.97 Å². The van der Waals surface area contributed by atoms with Gasteiger partial charge in [0.15, 0.2) is 0 Å². The number of aryl methyl sites for hydroxylation is 2. The second-order valence-corrected chi connectivity index (χ2v) is 6.43. The average Bonchev–Trinajstić information content (AvgIpc) is 2.91. The molecule has 7 heteroatoms. The zero-order valence-corrected chi connectivity index (χ0v) is 14.4. The third-order valence-electron chi connectivity index (χ3n) is 4.61. The third-order valence-corrected chi connectivity index (χ3v) is 4.61. The molecule has 4 rings (SSSR count). The van der Waals surface area contributed by atoms with Crippen molar-refractivity contribution < 1.29 is 4.74 Å². The normalized spacial score (nSPS) is 18.7. The summed E-state index contributed by atoms with van der Waals surface area (Å²) in [6.07, 6.45) is -0.190. The number of benzene rings is 1. The molecule has 25 heavy (non-hydrogen) atoms. The molecule has 2 aromatic heterocycles. The highest BCUT2D eigenvalue weighted by Gasteiger charge is 2.25. The summed E-state index contributed by atoms with van der Waals surface area (Å²) >= 11 is 0. The Morgan fingerprint density at radius 3 is 2.96 bits per heavy atom. The van der Waals surface area contributed by atoms with Crippen LogP contribution in [-0.2, 0) is 18.3 Å². The molecule has 0 bridgehead atoms. The number of ether oxygens (including phenoxy) is 1. The van der Waals surface area contributed by atoms with E-state index in [9.17, 15) is 4.79 Å². The van der Waals surface area contributed by atoms with Crippen LogP contribution in [0.4, 0.5) is 0 Å². The molecule has 0 saturated carbocycles. The maximum absolute atomic E-state index is 11.7. The fourth-order valence-electron chi connectivity index (χ4n) is 3.33. The zero-order valence-electron chi connectivity index (χ0n) is 14.4. The smallest absolute Gasteiger partial charge is 0.251 e. The highest BCUT2D eigenvalue weighted by atomic mass is 16.5. The predicted octanol–water partition coefficient (Wildman–Crippen LogP) is 1.54. The van der Waals surface area contributed by atoms with Gasteiger partial charge >= 0.3 is 0 Å². The number of nitrogens with one attached hydrogen (secondary N) is 1. The Labute approximate surface area is 145 Å². The molecule has 3 aromatic rings. The van der Waals surface area contributed by atoms with Gasteiger partial charge in [-0.15, -0.1) is 0 Å². The Hall–Kier alpha value is -2.51. The van der Waals surface area contributed by atoms with Crippen LogP contribution in [0.25, 0.3) is 11.0 Å². The van der Waals surface area contributed by atoms with Gasteiger partial charge in [0.05, 0.1) is 29.9 Å². The summed E-state index contributed by atoms with van der Waals surface area (Å²) in [5.41, 5.74) is 2.69. The van der Waals surface area contributed by atoms with Crippen LogP contribution in [-0.4, -0.2) is 44.1 Å². The van der Waals surface area contributed by atoms with Crippen LogP contribution >= 0.6 is 0 Å². The van der Waals surface area contributed by atoms with Gasteiger partial charge in [-0.3, -0.25) is 9.69 Å². The van der Waals surface area contributed by atoms with Gasteiger partial charge in [0.2, 0.25) is 0 Å². The molecule has 0 radical (unpaired) electrons. The molecule has 1 fully saturated rings. The standard InChI is InChI=1S/C18H21N5O2/c1-12-19-14(9-18(24)20-12)16-10-23(7-8-25-16)11-17-21-13-5-3-4-6-15(13)22(17)2/h3-6,9,16H,7-8,10-11H2,1-2H3,(H,19,20,24)/t16-/m0/s1. The minimum absolute atomic E-state index is 0.140. The number of imidazole rings is 1. The molecular formula is C18H21N5O2. The van der Waals surface area contributed by atoms with Crippen molar-refractivity contribution in [1.82, 2.24) is 24.4 Å². The maximum atomic E-state index is 11.7. The van der Waals surface area contributed by atoms with Gasteiger partial charge in [0.1, 0.15) is 17.8 Å². The lowest BCUT2D eigenvalue weighted by Crippen LogP contribution is -2.39. The van der Waals surface area contributed by atoms with Crippen LogP contribution in [0.2, 0.25) is 0 Å². The van der Waals surface area contributed by atoms with E-state index < -0.39 is 0 Å². The van der Waals surface area contributed by atoms with E-state index in [1.54, 1.807) is 6.92 Å². The first kappa shape index (κ1) is 16.0. The molecule has 1 saturated heterocycles. The molecule has 1 aliphatic heterocycles. The van der Waals surface area contributed by atoms with Gasteiger partial charge in [0, 0.05) is 26.2 Å². The van der Waals surface area contributed by atoms with Crippen molar-refractivity contribution >= 4 is 11.0 Å². The Balaban J connectivity index is 1.54. The fourth-order valence-corrected chi connectivity index (χ4v) is 3.33. The number of aromatic amines is 1. The average molecular weight is 339 g/mol. The molecule has 3 heterocycles. The highest BCUT2D eigenvalue weighted by Crippen LogP contribution is 2.22. The summed E-state index contributed by atoms with van der Waals surface area (Å²) in [5, 5.41) is 0. The molecule has 0 spiro atoms. The van der Waals surface area contributed by atoms with E-state index in [1.165, 1.54) is 6.07 Å². The fraction of sp³-hybridized carbons (Fsp3) is 0.389. The predicted molar refractivity (Wildman–Crippen MR) is 94.3 cm³/mol. The van der Waals surface area contributed by atoms with Gasteiger partial charge in [0.25, 0.3) is 5.56 Å². The second-order valence-electron chi connectivity index (χ2n) is 6.43. The first-order valence-electron chi connectivity index (χ1n) is 8.42. The quantitative estimate of drug-likeness (QED) is 0.783. The molecule has 0 amide bonds. The van der Waals surface area contributed by atoms with Crippen molar-refractivity contribution in [3.8, 4) is 0 Å². The number of morpholine rings is 1. The number of hydrogen-bond acceptors (Lipinski definition) is 5. The topological polar surface area (TPSA) is 76.0 Å². The number of hydrogen-bond donors (Lipinski definition) is 1. The largest absolute Gasteiger partial charge is 0.369 e. The molecular weight excluding hydrogens is 318 g/mol. The summed E-state index contributed by atoms with van der Waals surface area (Å²) in [4.78, 5) is 25.8. The van der Waals surface area contributed by atoms with Crippen molar-refractivity contribution in [2.75, 3.05) is 19.7 Å². The summed E-state index contributed by atoms with van der Waals surface area (Å²) in [6.45, 7) is 4.67. The van der Waals surface area contributed by atoms with E-state index in [0.29, 0.717) is 24.7 Å². The van der Waals surface area contributed by atoms with Crippen molar-refractivity contribution in [2.45, 2.75) is 19.6 Å². The van der Waals surface area contributed by atoms with E-state index in [2.05, 4.69) is 25.5 Å². The van der Waals surface area contributed by atoms with Crippen LogP contribution in [0, 0.1) is 6.92 Å². The number of aromatic nitrogens is 4. The first-order valence-corrected chi connectivity index (χ1v) is 8.42. The van der Waals surface area contributed by atoms with Crippen molar-refractivity contribution in [3.63, 3.8) is 0 Å². The van der Waals surface area contributed by atoms with Gasteiger partial charge in [-0.2, -0.15) is 0 Å². The SMILES string of the molecule is Cc1nc([C@@H]2CN(Cc3nc4ccccc4n3C)CCO2)cc(=O)[nH]1. The Morgan fingerprint density at radius 2 is 2.16 bits per heavy atom. The molecule has 1 aromatic carbocycles. The van der Waals surface area contributed by atoms with Crippen molar-refractivity contribution in [1.29, 1.82) is 0 Å². The summed E-state index contributed by atoms with van der Waals surface area (Å²) in [5.74, 6) is 1.63. The van der Waals surface area contributed by atoms with Crippen LogP contribution in [0.5, 0.6) is 0 Å². The molecule has 1 N–H and O–H groups in total. The number of nitrogens with zero attached hydrogens (tertiary/aromatic N) is 4. The van der Waals surface area contributed by atoms with Crippen LogP contribution in [0.3, 0.4) is 0 Å². The lowest BCUT2D eigenvalue weighted by Gasteiger charge is -2.32. The van der Waals surface area contributed by atoms with Crippen LogP contribution in [0.1, 0.15) is 23.4 Å². The summed E-state index contributed by atoms with van der Waals surface area (Å²) < 4.78 is 7.98. The van der Waals surface area contributed by atoms with E-state index in [4.69, 9.17) is 9.72 Å². The van der Waals surface area contributed by atoms with Crippen LogP contribution in [0.15, 0.2) is 35.1 Å². The van der Waals surface area contributed by atoms with Gasteiger partial charge in [-0.1, -0.05) is 12.1 Å². The zero-order chi connectivity index (χ0) is 17.4. The van der Waals surface area contributed by atoms with Crippen molar-refractivity contribution in [3.05, 3.63) is 58.0 Å². The molecule has 130 valence electrons. The van der Waals surface area contributed by atoms with Crippen LogP contribution < -0.4 is 5.56 Å². The number of para-hydroxylation sites is 2. The number of H-pyrrole nitrogens is 1. The second kappa shape index (κ2) is 6.42. The molecule has 0 unspecified atom stereocenters. The monoisotopic (exact) mass is 339 g/mol. The van der Waals surface area contributed by atoms with Gasteiger partial charge < -0.3 is 14.3 Å². The third kappa shape index (κ3) is 3.20. The molecule has 7 nitrogen and oxygen atoms in total. The summed E-state index contributed by atoms with van der Waals surface area (Å²) in [6, 6.07) is 9.67. The van der Waals surface area contributed by atoms with Gasteiger partial charge in [-0.05, 0) is 19.1 Å². The maximum Gasteiger partial charge on any atom is 0.251 e. The number of fused-ring (bicyclic) bond motifs is 1. The lowest BCUT2D eigenvalue weighted by atomic mass is 10.2. The van der Waals surface area contributed by atoms with E-state index >= 15 is 0 Å². The minimum Gasteiger partial charge on any atom is -0.369 e. The Morgan fingerprint density at radius 1 is 1.32 bits per heavy atom. The van der Waals surface area contributed by atoms with E-state index in [0.717, 1.165) is 29.9 Å². The molecule has 0 aliphatic carbocycles. The minimum atomic E-state index is -0.190. The first-order chi connectivity index (χ1) is 12.1. The Bertz CT molecular complexity index is 961. The van der Waals surface area contributed by atoms with E-state index in [-0.39, 0.29) is 11.7 Å². The molecule has 1 atom stereocenters. The molecule has 1 aliphatic rings. The Kier molecular flexibility index (Phi) is 4.10. The van der Waals surface area contributed by atoms with E-state index in [1.807, 2.05) is 25.2 Å². The highest BCUT2D eigenvalue weighted by molar-refractivity contribution is 5.75. The van der Waals surface area contributed by atoms with Crippen molar-refractivity contribution in [2.24, 2.45) is 7.05 Å².